The van der Waals surface area contributed by atoms with Crippen LogP contribution in [-0.2, 0) is 6.54 Å². The van der Waals surface area contributed by atoms with E-state index in [1.165, 1.54) is 0 Å². The number of para-hydroxylation sites is 3. The van der Waals surface area contributed by atoms with Gasteiger partial charge in [-0.25, -0.2) is 4.98 Å². The average molecular weight is 440 g/mol. The summed E-state index contributed by atoms with van der Waals surface area (Å²) in [6.07, 6.45) is 0.389. The Morgan fingerprint density at radius 3 is 2.58 bits per heavy atom. The third-order valence-electron chi connectivity index (χ3n) is 4.40. The molecule has 0 amide bonds. The average Bonchev–Trinajstić information content (AvgIpc) is 2.99. The molecule has 140 valence electrons. The lowest BCUT2D eigenvalue weighted by Gasteiger charge is -2.18. The van der Waals surface area contributed by atoms with E-state index >= 15 is 0 Å². The monoisotopic (exact) mass is 438 g/mol. The summed E-state index contributed by atoms with van der Waals surface area (Å²) in [5.41, 5.74) is 2.02. The van der Waals surface area contributed by atoms with E-state index in [1.54, 1.807) is 0 Å². The number of fused-ring (bicyclic) bond motifs is 1. The molecule has 0 bridgehead atoms. The van der Waals surface area contributed by atoms with E-state index in [1.807, 2.05) is 42.5 Å². The van der Waals surface area contributed by atoms with Gasteiger partial charge in [-0.2, -0.15) is 0 Å². The molecule has 6 heteroatoms. The van der Waals surface area contributed by atoms with Crippen molar-refractivity contribution in [3.05, 3.63) is 58.8 Å². The van der Waals surface area contributed by atoms with Gasteiger partial charge in [0.1, 0.15) is 24.3 Å². The van der Waals surface area contributed by atoms with Crippen molar-refractivity contribution in [2.45, 2.75) is 38.8 Å². The van der Waals surface area contributed by atoms with Crippen molar-refractivity contribution in [3.63, 3.8) is 0 Å². The van der Waals surface area contributed by atoms with Crippen LogP contribution in [-0.4, -0.2) is 27.4 Å². The standard InChI is InChI=1S/C20H23BrN2O2.ClH/c1-3-14(2)20-22-17-9-5-6-10-18(17)23(20)12-15(24)13-25-19-11-7-4-8-16(19)21;/h4-11,14-15,24H,3,12-13H2,1-2H3;1H. The second-order valence-corrected chi connectivity index (χ2v) is 7.13. The van der Waals surface area contributed by atoms with Gasteiger partial charge in [0.05, 0.1) is 22.1 Å². The lowest BCUT2D eigenvalue weighted by Crippen LogP contribution is -2.25. The Morgan fingerprint density at radius 1 is 1.15 bits per heavy atom. The molecule has 2 unspecified atom stereocenters. The smallest absolute Gasteiger partial charge is 0.133 e. The van der Waals surface area contributed by atoms with Gasteiger partial charge >= 0.3 is 0 Å². The molecule has 0 aliphatic carbocycles. The number of ether oxygens (including phenoxy) is 1. The first-order valence-electron chi connectivity index (χ1n) is 8.60. The number of aromatic nitrogens is 2. The van der Waals surface area contributed by atoms with Crippen molar-refractivity contribution in [3.8, 4) is 5.75 Å². The molecular weight excluding hydrogens is 416 g/mol. The largest absolute Gasteiger partial charge is 0.490 e. The maximum atomic E-state index is 10.5. The first-order valence-corrected chi connectivity index (χ1v) is 9.40. The Bertz CT molecular complexity index is 853. The summed E-state index contributed by atoms with van der Waals surface area (Å²) in [6.45, 7) is 5.02. The summed E-state index contributed by atoms with van der Waals surface area (Å²) in [6, 6.07) is 15.7. The van der Waals surface area contributed by atoms with Gasteiger partial charge < -0.3 is 14.4 Å². The fourth-order valence-corrected chi connectivity index (χ4v) is 3.26. The summed E-state index contributed by atoms with van der Waals surface area (Å²) in [7, 11) is 0. The molecule has 1 N–H and O–H groups in total. The number of aliphatic hydroxyl groups is 1. The number of hydrogen-bond acceptors (Lipinski definition) is 3. The second kappa shape index (κ2) is 9.40. The summed E-state index contributed by atoms with van der Waals surface area (Å²) in [5.74, 6) is 2.09. The molecule has 26 heavy (non-hydrogen) atoms. The van der Waals surface area contributed by atoms with E-state index in [0.717, 1.165) is 33.5 Å². The Kier molecular flexibility index (Phi) is 7.50. The molecule has 4 nitrogen and oxygen atoms in total. The van der Waals surface area contributed by atoms with Crippen LogP contribution in [0.2, 0.25) is 0 Å². The number of halogens is 2. The third kappa shape index (κ3) is 4.58. The van der Waals surface area contributed by atoms with Gasteiger partial charge in [-0.3, -0.25) is 0 Å². The Labute approximate surface area is 168 Å². The first-order chi connectivity index (χ1) is 12.1. The molecule has 0 spiro atoms. The minimum absolute atomic E-state index is 0. The Hall–Kier alpha value is -1.56. The van der Waals surface area contributed by atoms with Crippen molar-refractivity contribution < 1.29 is 9.84 Å². The van der Waals surface area contributed by atoms with Gasteiger partial charge in [-0.1, -0.05) is 38.1 Å². The molecule has 0 saturated heterocycles. The minimum Gasteiger partial charge on any atom is -0.490 e. The SMILES string of the molecule is CCC(C)c1nc2ccccc2n1CC(O)COc1ccccc1Br.Cl. The highest BCUT2D eigenvalue weighted by Gasteiger charge is 2.18. The second-order valence-electron chi connectivity index (χ2n) is 6.27. The molecule has 3 rings (SSSR count). The van der Waals surface area contributed by atoms with Crippen LogP contribution in [0.3, 0.4) is 0 Å². The van der Waals surface area contributed by atoms with Gasteiger partial charge in [-0.05, 0) is 46.6 Å². The molecule has 2 atom stereocenters. The number of hydrogen-bond donors (Lipinski definition) is 1. The predicted octanol–water partition coefficient (Wildman–Crippen LogP) is 5.17. The maximum absolute atomic E-state index is 10.5. The van der Waals surface area contributed by atoms with Crippen molar-refractivity contribution in [1.82, 2.24) is 9.55 Å². The van der Waals surface area contributed by atoms with E-state index in [9.17, 15) is 5.11 Å². The van der Waals surface area contributed by atoms with Crippen LogP contribution in [0, 0.1) is 0 Å². The van der Waals surface area contributed by atoms with Crippen LogP contribution in [0.15, 0.2) is 53.0 Å². The summed E-state index contributed by atoms with van der Waals surface area (Å²) in [5, 5.41) is 10.5. The normalized spacial score (nSPS) is 13.2. The first kappa shape index (κ1) is 20.7. The van der Waals surface area contributed by atoms with Gasteiger partial charge in [0.25, 0.3) is 0 Å². The zero-order chi connectivity index (χ0) is 17.8. The van der Waals surface area contributed by atoms with Crippen molar-refractivity contribution in [2.75, 3.05) is 6.61 Å². The van der Waals surface area contributed by atoms with Crippen molar-refractivity contribution in [1.29, 1.82) is 0 Å². The van der Waals surface area contributed by atoms with Crippen molar-refractivity contribution in [2.24, 2.45) is 0 Å². The fourth-order valence-electron chi connectivity index (χ4n) is 2.86. The molecular formula is C20H24BrClN2O2. The van der Waals surface area contributed by atoms with Gasteiger partial charge in [0.2, 0.25) is 0 Å². The molecule has 0 aliphatic rings. The third-order valence-corrected chi connectivity index (χ3v) is 5.05. The van der Waals surface area contributed by atoms with E-state index < -0.39 is 6.10 Å². The molecule has 1 heterocycles. The molecule has 0 fully saturated rings. The van der Waals surface area contributed by atoms with Crippen LogP contribution in [0.4, 0.5) is 0 Å². The highest BCUT2D eigenvalue weighted by Crippen LogP contribution is 2.26. The molecule has 0 radical (unpaired) electrons. The maximum Gasteiger partial charge on any atom is 0.133 e. The Balaban J connectivity index is 0.00000243. The summed E-state index contributed by atoms with van der Waals surface area (Å²) in [4.78, 5) is 4.77. The van der Waals surface area contributed by atoms with E-state index in [-0.39, 0.29) is 19.0 Å². The summed E-state index contributed by atoms with van der Waals surface area (Å²) >= 11 is 3.46. The molecule has 1 aromatic heterocycles. The highest BCUT2D eigenvalue weighted by atomic mass is 79.9. The lowest BCUT2D eigenvalue weighted by molar-refractivity contribution is 0.0921. The topological polar surface area (TPSA) is 47.3 Å². The van der Waals surface area contributed by atoms with Gasteiger partial charge in [-0.15, -0.1) is 12.4 Å². The van der Waals surface area contributed by atoms with Gasteiger partial charge in [0.15, 0.2) is 0 Å². The van der Waals surface area contributed by atoms with Crippen LogP contribution in [0.5, 0.6) is 5.75 Å². The lowest BCUT2D eigenvalue weighted by atomic mass is 10.1. The van der Waals surface area contributed by atoms with Crippen LogP contribution < -0.4 is 4.74 Å². The zero-order valence-electron chi connectivity index (χ0n) is 14.9. The van der Waals surface area contributed by atoms with Gasteiger partial charge in [0, 0.05) is 5.92 Å². The minimum atomic E-state index is -0.618. The number of imidazole rings is 1. The predicted molar refractivity (Wildman–Crippen MR) is 111 cm³/mol. The number of benzene rings is 2. The molecule has 3 aromatic rings. The quantitative estimate of drug-likeness (QED) is 0.552. The molecule has 0 saturated carbocycles. The van der Waals surface area contributed by atoms with E-state index in [4.69, 9.17) is 9.72 Å². The summed E-state index contributed by atoms with van der Waals surface area (Å²) < 4.78 is 8.76. The van der Waals surface area contributed by atoms with E-state index in [2.05, 4.69) is 40.4 Å². The van der Waals surface area contributed by atoms with Crippen LogP contribution >= 0.6 is 28.3 Å². The Morgan fingerprint density at radius 2 is 1.85 bits per heavy atom. The number of rotatable bonds is 7. The number of aliphatic hydroxyl groups excluding tert-OH is 1. The van der Waals surface area contributed by atoms with Crippen molar-refractivity contribution >= 4 is 39.4 Å². The molecule has 2 aromatic carbocycles. The fraction of sp³-hybridized carbons (Fsp3) is 0.350. The van der Waals surface area contributed by atoms with Crippen LogP contribution in [0.25, 0.3) is 11.0 Å². The molecule has 0 aliphatic heterocycles. The highest BCUT2D eigenvalue weighted by molar-refractivity contribution is 9.10. The number of nitrogens with zero attached hydrogens (tertiary/aromatic N) is 2. The van der Waals surface area contributed by atoms with Crippen LogP contribution in [0.1, 0.15) is 32.0 Å². The zero-order valence-corrected chi connectivity index (χ0v) is 17.3. The van der Waals surface area contributed by atoms with E-state index in [0.29, 0.717) is 12.5 Å².